The predicted octanol–water partition coefficient (Wildman–Crippen LogP) is 5.34. The van der Waals surface area contributed by atoms with E-state index in [1.807, 2.05) is 13.8 Å². The monoisotopic (exact) mass is 730 g/mol. The lowest BCUT2D eigenvalue weighted by atomic mass is 9.83. The van der Waals surface area contributed by atoms with Gasteiger partial charge < -0.3 is 30.9 Å². The lowest BCUT2D eigenvalue weighted by Crippen LogP contribution is -2.58. The van der Waals surface area contributed by atoms with Gasteiger partial charge in [-0.05, 0) is 74.5 Å². The molecule has 1 aliphatic heterocycles. The highest BCUT2D eigenvalue weighted by atomic mass is 16.5. The number of ketones is 1. The number of carbonyl (C=O) groups excluding carboxylic acids is 6. The van der Waals surface area contributed by atoms with E-state index in [0.29, 0.717) is 57.6 Å². The maximum atomic E-state index is 14.0. The van der Waals surface area contributed by atoms with Crippen molar-refractivity contribution in [1.82, 2.24) is 26.2 Å². The number of ether oxygens (including phenoxy) is 1. The molecule has 0 spiro atoms. The van der Waals surface area contributed by atoms with Gasteiger partial charge in [0.15, 0.2) is 0 Å². The molecule has 3 rings (SSSR count). The van der Waals surface area contributed by atoms with Gasteiger partial charge in [-0.25, -0.2) is 4.79 Å². The van der Waals surface area contributed by atoms with Crippen LogP contribution in [-0.4, -0.2) is 84.8 Å². The van der Waals surface area contributed by atoms with Gasteiger partial charge in [-0.3, -0.25) is 24.0 Å². The molecule has 2 aliphatic carbocycles. The quantitative estimate of drug-likeness (QED) is 0.0427. The summed E-state index contributed by atoms with van der Waals surface area (Å²) >= 11 is 0. The fourth-order valence-corrected chi connectivity index (χ4v) is 8.44. The number of unbranched alkanes of at least 4 members (excludes halogenated alkanes) is 6. The summed E-state index contributed by atoms with van der Waals surface area (Å²) in [6, 6.07) is -2.96. The number of nitrogens with one attached hydrogen (secondary N) is 4. The van der Waals surface area contributed by atoms with Gasteiger partial charge in [0, 0.05) is 19.6 Å². The Labute approximate surface area is 311 Å². The van der Waals surface area contributed by atoms with Crippen LogP contribution in [0.1, 0.15) is 137 Å². The highest BCUT2D eigenvalue weighted by molar-refractivity contribution is 6.38. The molecule has 7 atom stereocenters. The van der Waals surface area contributed by atoms with Crippen LogP contribution in [0.2, 0.25) is 0 Å². The predicted molar refractivity (Wildman–Crippen MR) is 201 cm³/mol. The number of carbonyl (C=O) groups is 6. The Bertz CT molecular complexity index is 1210. The number of rotatable bonds is 25. The maximum Gasteiger partial charge on any atom is 0.315 e. The molecule has 52 heavy (non-hydrogen) atoms. The van der Waals surface area contributed by atoms with Gasteiger partial charge in [-0.15, -0.1) is 6.58 Å². The Balaban J connectivity index is 1.52. The van der Waals surface area contributed by atoms with E-state index in [-0.39, 0.29) is 35.8 Å². The first-order valence-corrected chi connectivity index (χ1v) is 20.2. The van der Waals surface area contributed by atoms with Crippen molar-refractivity contribution in [2.75, 3.05) is 19.6 Å². The van der Waals surface area contributed by atoms with Crippen molar-refractivity contribution in [3.63, 3.8) is 0 Å². The molecule has 12 nitrogen and oxygen atoms in total. The Morgan fingerprint density at radius 1 is 0.865 bits per heavy atom. The van der Waals surface area contributed by atoms with Crippen LogP contribution in [0, 0.1) is 23.2 Å². The molecular formula is C40H67N5O7. The molecule has 3 aliphatic rings. The minimum absolute atomic E-state index is 0.0685. The van der Waals surface area contributed by atoms with Crippen molar-refractivity contribution >= 4 is 36.0 Å². The molecule has 0 aromatic rings. The fourth-order valence-electron chi connectivity index (χ4n) is 8.44. The van der Waals surface area contributed by atoms with E-state index < -0.39 is 41.8 Å². The van der Waals surface area contributed by atoms with Crippen LogP contribution in [0.5, 0.6) is 0 Å². The largest absolute Gasteiger partial charge is 0.464 e. The zero-order chi connectivity index (χ0) is 38.1. The van der Waals surface area contributed by atoms with Crippen LogP contribution in [0.25, 0.3) is 0 Å². The summed E-state index contributed by atoms with van der Waals surface area (Å²) in [5.41, 5.74) is -0.142. The first-order valence-electron chi connectivity index (χ1n) is 20.2. The average molecular weight is 730 g/mol. The van der Waals surface area contributed by atoms with Crippen molar-refractivity contribution in [2.45, 2.75) is 161 Å². The molecule has 0 aromatic carbocycles. The second-order valence-electron chi connectivity index (χ2n) is 15.8. The summed E-state index contributed by atoms with van der Waals surface area (Å²) in [5, 5.41) is 11.3. The van der Waals surface area contributed by atoms with Gasteiger partial charge in [-0.1, -0.05) is 91.6 Å². The maximum absolute atomic E-state index is 14.0. The fraction of sp³-hybridized carbons (Fsp3) is 0.800. The molecular weight excluding hydrogens is 662 g/mol. The smallest absolute Gasteiger partial charge is 0.315 e. The zero-order valence-electron chi connectivity index (χ0n) is 32.4. The molecule has 4 N–H and O–H groups in total. The Kier molecular flexibility index (Phi) is 18.1. The highest BCUT2D eigenvalue weighted by Crippen LogP contribution is 2.65. The number of hydrogen-bond donors (Lipinski definition) is 4. The molecule has 0 radical (unpaired) electrons. The number of Topliss-reactive ketones (excluding diaryl/α,β-unsaturated/α-hetero) is 1. The van der Waals surface area contributed by atoms with Crippen LogP contribution < -0.4 is 21.3 Å². The second kappa shape index (κ2) is 21.9. The summed E-state index contributed by atoms with van der Waals surface area (Å²) in [6.45, 7) is 13.6. The van der Waals surface area contributed by atoms with E-state index in [2.05, 4.69) is 41.7 Å². The minimum Gasteiger partial charge on any atom is -0.464 e. The van der Waals surface area contributed by atoms with Crippen molar-refractivity contribution in [2.24, 2.45) is 23.2 Å². The highest BCUT2D eigenvalue weighted by Gasteiger charge is 2.69. The Morgan fingerprint density at radius 2 is 1.60 bits per heavy atom. The Hall–Kier alpha value is -3.44. The van der Waals surface area contributed by atoms with Gasteiger partial charge in [0.05, 0.1) is 6.04 Å². The van der Waals surface area contributed by atoms with E-state index in [9.17, 15) is 28.8 Å². The van der Waals surface area contributed by atoms with Crippen LogP contribution in [0.4, 0.5) is 4.79 Å². The van der Waals surface area contributed by atoms with E-state index in [1.54, 1.807) is 11.0 Å². The SMILES string of the molecule is C=CCCNC(=O)C(=O)[C@H](CCCCC)NC(=O)[C@@H]1C2C(CN1C(=O)[C@H](CCC)NC(=O)NCCCCCCCC1CCCCC1OC=O)C2(C)C. The van der Waals surface area contributed by atoms with Crippen molar-refractivity contribution in [3.05, 3.63) is 12.7 Å². The second-order valence-corrected chi connectivity index (χ2v) is 15.8. The summed E-state index contributed by atoms with van der Waals surface area (Å²) in [6.07, 6.45) is 16.7. The first-order chi connectivity index (χ1) is 25.0. The summed E-state index contributed by atoms with van der Waals surface area (Å²) in [4.78, 5) is 79.3. The lowest BCUT2D eigenvalue weighted by molar-refractivity contribution is -0.144. The molecule has 1 heterocycles. The molecule has 1 saturated heterocycles. The molecule has 2 saturated carbocycles. The topological polar surface area (TPSA) is 163 Å². The van der Waals surface area contributed by atoms with E-state index in [4.69, 9.17) is 4.74 Å². The average Bonchev–Trinajstić information content (AvgIpc) is 3.42. The first kappa shape index (κ1) is 43.0. The standard InChI is InChI=1S/C40H67N5O7/c1-6-9-14-22-30(35(47)37(49)41-24-10-7-2)43-36(48)34-33-29(40(33,4)5)26-45(34)38(50)31(19-8-3)44-39(51)42-25-18-13-11-12-15-20-28-21-16-17-23-32(28)52-27-46/h7,27-34H,2,6,8-26H2,1,3-5H3,(H,41,49)(H,43,48)(H2,42,44,51)/t28?,29?,30-,31-,32?,33?,34-/m0/s1. The zero-order valence-corrected chi connectivity index (χ0v) is 32.4. The van der Waals surface area contributed by atoms with Gasteiger partial charge in [0.2, 0.25) is 17.6 Å². The van der Waals surface area contributed by atoms with Crippen molar-refractivity contribution in [1.29, 1.82) is 0 Å². The third kappa shape index (κ3) is 12.3. The van der Waals surface area contributed by atoms with E-state index in [0.717, 1.165) is 70.6 Å². The van der Waals surface area contributed by atoms with Gasteiger partial charge in [0.25, 0.3) is 12.4 Å². The summed E-state index contributed by atoms with van der Waals surface area (Å²) < 4.78 is 5.31. The molecule has 5 amide bonds. The minimum atomic E-state index is -0.983. The number of likely N-dealkylation sites (tertiary alicyclic amines) is 1. The molecule has 0 bridgehead atoms. The third-order valence-corrected chi connectivity index (χ3v) is 11.6. The van der Waals surface area contributed by atoms with Crippen molar-refractivity contribution < 1.29 is 33.5 Å². The summed E-state index contributed by atoms with van der Waals surface area (Å²) in [7, 11) is 0. The normalized spacial score (nSPS) is 24.1. The van der Waals surface area contributed by atoms with Crippen LogP contribution >= 0.6 is 0 Å². The van der Waals surface area contributed by atoms with Crippen LogP contribution in [0.3, 0.4) is 0 Å². The number of hydrogen-bond acceptors (Lipinski definition) is 7. The van der Waals surface area contributed by atoms with Crippen LogP contribution in [0.15, 0.2) is 12.7 Å². The Morgan fingerprint density at radius 3 is 2.31 bits per heavy atom. The third-order valence-electron chi connectivity index (χ3n) is 11.6. The van der Waals surface area contributed by atoms with Gasteiger partial charge in [-0.2, -0.15) is 0 Å². The van der Waals surface area contributed by atoms with Gasteiger partial charge >= 0.3 is 6.03 Å². The summed E-state index contributed by atoms with van der Waals surface area (Å²) in [5.74, 6) is -1.61. The lowest BCUT2D eigenvalue weighted by Gasteiger charge is -2.33. The van der Waals surface area contributed by atoms with Gasteiger partial charge in [0.1, 0.15) is 18.2 Å². The van der Waals surface area contributed by atoms with E-state index >= 15 is 0 Å². The van der Waals surface area contributed by atoms with E-state index in [1.165, 1.54) is 6.42 Å². The number of fused-ring (bicyclic) bond motifs is 1. The molecule has 3 fully saturated rings. The molecule has 12 heteroatoms. The molecule has 4 unspecified atom stereocenters. The molecule has 294 valence electrons. The number of urea groups is 1. The van der Waals surface area contributed by atoms with Crippen LogP contribution in [-0.2, 0) is 28.7 Å². The number of amides is 5. The van der Waals surface area contributed by atoms with Crippen molar-refractivity contribution in [3.8, 4) is 0 Å². The molecule has 0 aromatic heterocycles. The number of piperidine rings is 1. The number of nitrogens with zero attached hydrogens (tertiary/aromatic N) is 1.